The summed E-state index contributed by atoms with van der Waals surface area (Å²) in [5.74, 6) is 0.735. The molecule has 0 saturated carbocycles. The van der Waals surface area contributed by atoms with Crippen LogP contribution in [0.1, 0.15) is 20.3 Å². The largest absolute Gasteiger partial charge is 0.306 e. The zero-order valence-electron chi connectivity index (χ0n) is 8.38. The van der Waals surface area contributed by atoms with Gasteiger partial charge < -0.3 is 4.90 Å². The van der Waals surface area contributed by atoms with Gasteiger partial charge in [-0.1, -0.05) is 30.7 Å². The molecule has 0 N–H and O–H groups in total. The van der Waals surface area contributed by atoms with Gasteiger partial charge in [-0.3, -0.25) is 0 Å². The lowest BCUT2D eigenvalue weighted by Crippen LogP contribution is -2.24. The molecule has 0 aliphatic heterocycles. The molecule has 1 nitrogen and oxygen atoms in total. The molecule has 1 aliphatic carbocycles. The molecule has 0 saturated heterocycles. The van der Waals surface area contributed by atoms with Crippen molar-refractivity contribution in [2.45, 2.75) is 20.3 Å². The van der Waals surface area contributed by atoms with Crippen molar-refractivity contribution >= 4 is 0 Å². The molecule has 0 aromatic heterocycles. The molecular weight excluding hydrogens is 146 g/mol. The van der Waals surface area contributed by atoms with E-state index in [2.05, 4.69) is 44.0 Å². The van der Waals surface area contributed by atoms with E-state index in [4.69, 9.17) is 0 Å². The Kier molecular flexibility index (Phi) is 3.54. The van der Waals surface area contributed by atoms with Crippen LogP contribution in [0.2, 0.25) is 0 Å². The van der Waals surface area contributed by atoms with Crippen molar-refractivity contribution in [1.29, 1.82) is 0 Å². The Bertz CT molecular complexity index is 191. The van der Waals surface area contributed by atoms with E-state index in [1.54, 1.807) is 0 Å². The highest BCUT2D eigenvalue weighted by molar-refractivity contribution is 5.21. The molecular formula is C11H19N. The number of nitrogens with zero attached hydrogens (tertiary/aromatic N) is 1. The number of allylic oxidation sites excluding steroid dienone is 3. The van der Waals surface area contributed by atoms with Crippen LogP contribution in [-0.4, -0.2) is 25.0 Å². The first-order chi connectivity index (χ1) is 5.72. The minimum absolute atomic E-state index is 0.735. The predicted octanol–water partition coefficient (Wildman–Crippen LogP) is 2.46. The maximum Gasteiger partial charge on any atom is 0.00443 e. The molecule has 0 amide bonds. The third-order valence-corrected chi connectivity index (χ3v) is 2.46. The van der Waals surface area contributed by atoms with Crippen molar-refractivity contribution < 1.29 is 0 Å². The van der Waals surface area contributed by atoms with Gasteiger partial charge in [0.25, 0.3) is 0 Å². The van der Waals surface area contributed by atoms with Crippen LogP contribution < -0.4 is 0 Å². The van der Waals surface area contributed by atoms with Gasteiger partial charge in [-0.05, 0) is 32.9 Å². The molecule has 0 bridgehead atoms. The van der Waals surface area contributed by atoms with Crippen molar-refractivity contribution in [3.8, 4) is 0 Å². The van der Waals surface area contributed by atoms with Crippen LogP contribution in [0.25, 0.3) is 0 Å². The van der Waals surface area contributed by atoms with Crippen LogP contribution in [0.5, 0.6) is 0 Å². The normalized spacial score (nSPS) is 23.0. The van der Waals surface area contributed by atoms with E-state index < -0.39 is 0 Å². The monoisotopic (exact) mass is 165 g/mol. The van der Waals surface area contributed by atoms with Crippen molar-refractivity contribution in [1.82, 2.24) is 4.90 Å². The van der Waals surface area contributed by atoms with Crippen molar-refractivity contribution in [2.75, 3.05) is 20.1 Å². The summed E-state index contributed by atoms with van der Waals surface area (Å²) in [4.78, 5) is 2.36. The molecule has 1 rings (SSSR count). The van der Waals surface area contributed by atoms with Gasteiger partial charge in [0.1, 0.15) is 0 Å². The molecule has 1 atom stereocenters. The van der Waals surface area contributed by atoms with E-state index in [1.165, 1.54) is 18.5 Å². The standard InChI is InChI=1S/C11H19N/c1-4-12(3)9-11-7-5-10(2)6-8-11/h5-7,11H,4,8-9H2,1-3H3. The summed E-state index contributed by atoms with van der Waals surface area (Å²) in [6, 6.07) is 0. The van der Waals surface area contributed by atoms with E-state index in [1.807, 2.05) is 0 Å². The summed E-state index contributed by atoms with van der Waals surface area (Å²) in [6.45, 7) is 6.70. The third kappa shape index (κ3) is 2.82. The van der Waals surface area contributed by atoms with Crippen LogP contribution in [0.15, 0.2) is 23.8 Å². The van der Waals surface area contributed by atoms with Crippen molar-refractivity contribution in [3.63, 3.8) is 0 Å². The fourth-order valence-corrected chi connectivity index (χ4v) is 1.44. The fourth-order valence-electron chi connectivity index (χ4n) is 1.44. The zero-order valence-corrected chi connectivity index (χ0v) is 8.38. The van der Waals surface area contributed by atoms with E-state index in [0.29, 0.717) is 0 Å². The average molecular weight is 165 g/mol. The van der Waals surface area contributed by atoms with Gasteiger partial charge in [0, 0.05) is 6.54 Å². The number of hydrogen-bond acceptors (Lipinski definition) is 1. The van der Waals surface area contributed by atoms with Gasteiger partial charge in [-0.2, -0.15) is 0 Å². The summed E-state index contributed by atoms with van der Waals surface area (Å²) in [6.07, 6.45) is 8.11. The molecule has 1 unspecified atom stereocenters. The molecule has 12 heavy (non-hydrogen) atoms. The SMILES string of the molecule is CCN(C)CC1C=CC(C)=CC1. The summed E-state index contributed by atoms with van der Waals surface area (Å²) < 4.78 is 0. The third-order valence-electron chi connectivity index (χ3n) is 2.46. The van der Waals surface area contributed by atoms with Crippen LogP contribution >= 0.6 is 0 Å². The van der Waals surface area contributed by atoms with Gasteiger partial charge in [0.2, 0.25) is 0 Å². The molecule has 1 heteroatoms. The highest BCUT2D eigenvalue weighted by Crippen LogP contribution is 2.16. The Labute approximate surface area is 75.8 Å². The van der Waals surface area contributed by atoms with Crippen LogP contribution in [-0.2, 0) is 0 Å². The zero-order chi connectivity index (χ0) is 8.97. The first kappa shape index (κ1) is 9.53. The van der Waals surface area contributed by atoms with E-state index >= 15 is 0 Å². The predicted molar refractivity (Wildman–Crippen MR) is 54.2 cm³/mol. The Balaban J connectivity index is 2.33. The minimum Gasteiger partial charge on any atom is -0.306 e. The van der Waals surface area contributed by atoms with Gasteiger partial charge in [-0.15, -0.1) is 0 Å². The quantitative estimate of drug-likeness (QED) is 0.621. The van der Waals surface area contributed by atoms with Gasteiger partial charge in [0.05, 0.1) is 0 Å². The highest BCUT2D eigenvalue weighted by Gasteiger charge is 2.08. The van der Waals surface area contributed by atoms with Crippen molar-refractivity contribution in [2.24, 2.45) is 5.92 Å². The second-order valence-electron chi connectivity index (χ2n) is 3.66. The van der Waals surface area contributed by atoms with Gasteiger partial charge >= 0.3 is 0 Å². The maximum absolute atomic E-state index is 2.36. The molecule has 0 aromatic rings. The molecule has 0 fully saturated rings. The Hall–Kier alpha value is -0.560. The summed E-state index contributed by atoms with van der Waals surface area (Å²) in [5, 5.41) is 0. The lowest BCUT2D eigenvalue weighted by molar-refractivity contribution is 0.314. The van der Waals surface area contributed by atoms with Crippen LogP contribution in [0, 0.1) is 5.92 Å². The van der Waals surface area contributed by atoms with Crippen LogP contribution in [0.3, 0.4) is 0 Å². The summed E-state index contributed by atoms with van der Waals surface area (Å²) in [7, 11) is 2.18. The molecule has 68 valence electrons. The lowest BCUT2D eigenvalue weighted by Gasteiger charge is -2.21. The van der Waals surface area contributed by atoms with Gasteiger partial charge in [-0.25, -0.2) is 0 Å². The molecule has 0 radical (unpaired) electrons. The molecule has 0 heterocycles. The molecule has 1 aliphatic rings. The van der Waals surface area contributed by atoms with Gasteiger partial charge in [0.15, 0.2) is 0 Å². The number of rotatable bonds is 3. The smallest absolute Gasteiger partial charge is 0.00443 e. The second kappa shape index (κ2) is 4.46. The van der Waals surface area contributed by atoms with E-state index in [9.17, 15) is 0 Å². The summed E-state index contributed by atoms with van der Waals surface area (Å²) >= 11 is 0. The molecule has 0 aromatic carbocycles. The Morgan fingerprint density at radius 1 is 1.58 bits per heavy atom. The lowest BCUT2D eigenvalue weighted by atomic mass is 9.97. The number of hydrogen-bond donors (Lipinski definition) is 0. The molecule has 0 spiro atoms. The Morgan fingerprint density at radius 2 is 2.33 bits per heavy atom. The fraction of sp³-hybridized carbons (Fsp3) is 0.636. The first-order valence-electron chi connectivity index (χ1n) is 4.76. The highest BCUT2D eigenvalue weighted by atomic mass is 15.1. The van der Waals surface area contributed by atoms with E-state index in [0.717, 1.165) is 12.5 Å². The Morgan fingerprint density at radius 3 is 2.83 bits per heavy atom. The maximum atomic E-state index is 2.36. The average Bonchev–Trinajstić information content (AvgIpc) is 2.09. The second-order valence-corrected chi connectivity index (χ2v) is 3.66. The topological polar surface area (TPSA) is 3.24 Å². The van der Waals surface area contributed by atoms with Crippen molar-refractivity contribution in [3.05, 3.63) is 23.8 Å². The minimum atomic E-state index is 0.735. The van der Waals surface area contributed by atoms with E-state index in [-0.39, 0.29) is 0 Å². The van der Waals surface area contributed by atoms with Crippen LogP contribution in [0.4, 0.5) is 0 Å². The summed E-state index contributed by atoms with van der Waals surface area (Å²) in [5.41, 5.74) is 1.41. The first-order valence-corrected chi connectivity index (χ1v) is 4.76.